The third-order valence-electron chi connectivity index (χ3n) is 4.12. The molecule has 0 unspecified atom stereocenters. The molecule has 0 aliphatic carbocycles. The first-order chi connectivity index (χ1) is 14.3. The highest BCUT2D eigenvalue weighted by atomic mass is 35.5. The van der Waals surface area contributed by atoms with Crippen molar-refractivity contribution in [2.75, 3.05) is 18.1 Å². The van der Waals surface area contributed by atoms with Crippen molar-refractivity contribution in [3.63, 3.8) is 0 Å². The van der Waals surface area contributed by atoms with E-state index in [-0.39, 0.29) is 16.3 Å². The molecule has 30 heavy (non-hydrogen) atoms. The average Bonchev–Trinajstić information content (AvgIpc) is 2.69. The Morgan fingerprint density at radius 3 is 2.30 bits per heavy atom. The van der Waals surface area contributed by atoms with Gasteiger partial charge in [-0.3, -0.25) is 14.9 Å². The number of urea groups is 1. The van der Waals surface area contributed by atoms with E-state index in [4.69, 9.17) is 32.7 Å². The van der Waals surface area contributed by atoms with Crippen LogP contribution in [0.2, 0.25) is 10.0 Å². The summed E-state index contributed by atoms with van der Waals surface area (Å²) in [5.41, 5.74) is 0.489. The van der Waals surface area contributed by atoms with E-state index in [1.54, 1.807) is 12.1 Å². The van der Waals surface area contributed by atoms with Crippen molar-refractivity contribution in [2.24, 2.45) is 0 Å². The topological polar surface area (TPSA) is 84.9 Å². The molecule has 7 nitrogen and oxygen atoms in total. The minimum Gasteiger partial charge on any atom is -0.490 e. The molecule has 2 aromatic rings. The number of imide groups is 2. The number of hydrogen-bond acceptors (Lipinski definition) is 5. The van der Waals surface area contributed by atoms with Crippen LogP contribution in [0.15, 0.2) is 42.0 Å². The molecule has 1 aliphatic rings. The molecule has 0 saturated carbocycles. The zero-order chi connectivity index (χ0) is 21.8. The summed E-state index contributed by atoms with van der Waals surface area (Å²) >= 11 is 12.2. The van der Waals surface area contributed by atoms with Crippen molar-refractivity contribution in [2.45, 2.75) is 13.8 Å². The molecule has 9 heteroatoms. The number of amides is 4. The number of nitrogens with zero attached hydrogens (tertiary/aromatic N) is 1. The van der Waals surface area contributed by atoms with E-state index in [1.807, 2.05) is 13.8 Å². The molecule has 0 aromatic heterocycles. The lowest BCUT2D eigenvalue weighted by Crippen LogP contribution is -2.54. The third kappa shape index (κ3) is 4.42. The van der Waals surface area contributed by atoms with Gasteiger partial charge in [0.05, 0.1) is 23.9 Å². The maximum Gasteiger partial charge on any atom is 0.335 e. The number of rotatable bonds is 6. The number of carbonyl (C=O) groups is 3. The maximum absolute atomic E-state index is 13.0. The fraction of sp³-hybridized carbons (Fsp3) is 0.190. The van der Waals surface area contributed by atoms with Gasteiger partial charge in [-0.25, -0.2) is 9.69 Å². The number of ether oxygens (including phenoxy) is 2. The average molecular weight is 449 g/mol. The van der Waals surface area contributed by atoms with Crippen LogP contribution in [0.3, 0.4) is 0 Å². The van der Waals surface area contributed by atoms with Crippen molar-refractivity contribution < 1.29 is 23.9 Å². The molecule has 156 valence electrons. The summed E-state index contributed by atoms with van der Waals surface area (Å²) in [5, 5.41) is 2.88. The number of benzene rings is 2. The molecule has 3 rings (SSSR count). The van der Waals surface area contributed by atoms with Crippen LogP contribution in [0.1, 0.15) is 19.4 Å². The van der Waals surface area contributed by atoms with Crippen LogP contribution in [0.5, 0.6) is 11.5 Å². The minimum absolute atomic E-state index is 0.229. The van der Waals surface area contributed by atoms with Gasteiger partial charge in [0.25, 0.3) is 11.8 Å². The standard InChI is InChI=1S/C21H18Cl2N2O5/c1-3-29-17-11-12(10-16(23)18(17)30-4-2)9-15-19(26)24-21(28)25(20(15)27)14-7-5-13(22)6-8-14/h5-11H,3-4H2,1-2H3,(H,24,26,28). The Bertz CT molecular complexity index is 1030. The molecule has 1 fully saturated rings. The van der Waals surface area contributed by atoms with E-state index < -0.39 is 17.8 Å². The van der Waals surface area contributed by atoms with Gasteiger partial charge in [0.2, 0.25) is 0 Å². The second kappa shape index (κ2) is 9.19. The Labute approximate surface area is 183 Å². The Kier molecular flexibility index (Phi) is 6.64. The number of carbonyl (C=O) groups excluding carboxylic acids is 3. The molecule has 0 spiro atoms. The first-order valence-electron chi connectivity index (χ1n) is 9.11. The van der Waals surface area contributed by atoms with Crippen molar-refractivity contribution >= 4 is 52.8 Å². The molecule has 1 saturated heterocycles. The molecule has 0 bridgehead atoms. The van der Waals surface area contributed by atoms with Crippen LogP contribution in [0.25, 0.3) is 6.08 Å². The highest BCUT2D eigenvalue weighted by molar-refractivity contribution is 6.39. The summed E-state index contributed by atoms with van der Waals surface area (Å²) in [5.74, 6) is -0.819. The first kappa shape index (κ1) is 21.7. The SMILES string of the molecule is CCOc1cc(C=C2C(=O)NC(=O)N(c3ccc(Cl)cc3)C2=O)cc(Cl)c1OCC. The number of hydrogen-bond donors (Lipinski definition) is 1. The van der Waals surface area contributed by atoms with Crippen LogP contribution in [0, 0.1) is 0 Å². The normalized spacial score (nSPS) is 15.4. The van der Waals surface area contributed by atoms with Gasteiger partial charge < -0.3 is 9.47 Å². The molecule has 0 atom stereocenters. The molecule has 1 aliphatic heterocycles. The van der Waals surface area contributed by atoms with E-state index >= 15 is 0 Å². The zero-order valence-corrected chi connectivity index (χ0v) is 17.7. The molecule has 1 heterocycles. The smallest absolute Gasteiger partial charge is 0.335 e. The van der Waals surface area contributed by atoms with Crippen molar-refractivity contribution in [3.8, 4) is 11.5 Å². The molecular formula is C21H18Cl2N2O5. The molecule has 4 amide bonds. The molecule has 0 radical (unpaired) electrons. The number of nitrogens with one attached hydrogen (secondary N) is 1. The minimum atomic E-state index is -0.843. The monoisotopic (exact) mass is 448 g/mol. The Morgan fingerprint density at radius 1 is 1.00 bits per heavy atom. The zero-order valence-electron chi connectivity index (χ0n) is 16.2. The summed E-state index contributed by atoms with van der Waals surface area (Å²) in [6.07, 6.45) is 1.34. The lowest BCUT2D eigenvalue weighted by atomic mass is 10.1. The second-order valence-electron chi connectivity index (χ2n) is 6.13. The quantitative estimate of drug-likeness (QED) is 0.520. The summed E-state index contributed by atoms with van der Waals surface area (Å²) < 4.78 is 11.1. The van der Waals surface area contributed by atoms with Gasteiger partial charge in [0.15, 0.2) is 11.5 Å². The first-order valence-corrected chi connectivity index (χ1v) is 9.87. The number of halogens is 2. The van der Waals surface area contributed by atoms with Crippen LogP contribution < -0.4 is 19.7 Å². The summed E-state index contributed by atoms with van der Waals surface area (Å²) in [7, 11) is 0. The summed E-state index contributed by atoms with van der Waals surface area (Å²) in [6, 6.07) is 8.41. The Hall–Kier alpha value is -3.03. The largest absolute Gasteiger partial charge is 0.490 e. The van der Waals surface area contributed by atoms with Crippen molar-refractivity contribution in [1.29, 1.82) is 0 Å². The number of anilines is 1. The van der Waals surface area contributed by atoms with Crippen LogP contribution in [-0.2, 0) is 9.59 Å². The van der Waals surface area contributed by atoms with Crippen molar-refractivity contribution in [3.05, 3.63) is 57.6 Å². The van der Waals surface area contributed by atoms with Gasteiger partial charge in [-0.15, -0.1) is 0 Å². The predicted octanol–water partition coefficient (Wildman–Crippen LogP) is 4.46. The summed E-state index contributed by atoms with van der Waals surface area (Å²) in [4.78, 5) is 38.4. The van der Waals surface area contributed by atoms with Gasteiger partial charge in [-0.2, -0.15) is 0 Å². The Morgan fingerprint density at radius 2 is 1.67 bits per heavy atom. The molecule has 1 N–H and O–H groups in total. The summed E-state index contributed by atoms with van der Waals surface area (Å²) in [6.45, 7) is 4.38. The second-order valence-corrected chi connectivity index (χ2v) is 6.97. The highest BCUT2D eigenvalue weighted by Gasteiger charge is 2.36. The highest BCUT2D eigenvalue weighted by Crippen LogP contribution is 2.37. The van der Waals surface area contributed by atoms with Gasteiger partial charge in [-0.1, -0.05) is 23.2 Å². The van der Waals surface area contributed by atoms with E-state index in [2.05, 4.69) is 5.32 Å². The number of barbiturate groups is 1. The van der Waals surface area contributed by atoms with Crippen LogP contribution in [0.4, 0.5) is 10.5 Å². The van der Waals surface area contributed by atoms with E-state index in [1.165, 1.54) is 30.3 Å². The maximum atomic E-state index is 13.0. The van der Waals surface area contributed by atoms with E-state index in [0.29, 0.717) is 35.3 Å². The van der Waals surface area contributed by atoms with Gasteiger partial charge in [0, 0.05) is 5.02 Å². The predicted molar refractivity (Wildman–Crippen MR) is 114 cm³/mol. The van der Waals surface area contributed by atoms with Crippen molar-refractivity contribution in [1.82, 2.24) is 5.32 Å². The van der Waals surface area contributed by atoms with E-state index in [0.717, 1.165) is 4.90 Å². The Balaban J connectivity index is 2.03. The van der Waals surface area contributed by atoms with E-state index in [9.17, 15) is 14.4 Å². The third-order valence-corrected chi connectivity index (χ3v) is 4.65. The van der Waals surface area contributed by atoms with Gasteiger partial charge in [0.1, 0.15) is 5.57 Å². The molecular weight excluding hydrogens is 431 g/mol. The van der Waals surface area contributed by atoms with Gasteiger partial charge in [-0.05, 0) is 61.9 Å². The van der Waals surface area contributed by atoms with Gasteiger partial charge >= 0.3 is 6.03 Å². The lowest BCUT2D eigenvalue weighted by Gasteiger charge is -2.26. The fourth-order valence-electron chi connectivity index (χ4n) is 2.87. The fourth-order valence-corrected chi connectivity index (χ4v) is 3.27. The van der Waals surface area contributed by atoms with Crippen LogP contribution in [-0.4, -0.2) is 31.1 Å². The molecule has 2 aromatic carbocycles. The van der Waals surface area contributed by atoms with Crippen LogP contribution >= 0.6 is 23.2 Å². The lowest BCUT2D eigenvalue weighted by molar-refractivity contribution is -0.122.